The van der Waals surface area contributed by atoms with Crippen LogP contribution in [-0.2, 0) is 0 Å². The molecule has 4 aromatic rings. The molecule has 0 heterocycles. The Morgan fingerprint density at radius 3 is 1.42 bits per heavy atom. The van der Waals surface area contributed by atoms with Crippen LogP contribution in [0.25, 0.3) is 32.7 Å². The van der Waals surface area contributed by atoms with E-state index in [0.29, 0.717) is 0 Å². The van der Waals surface area contributed by atoms with E-state index >= 15 is 0 Å². The second kappa shape index (κ2) is 6.88. The Morgan fingerprint density at radius 1 is 0.500 bits per heavy atom. The van der Waals surface area contributed by atoms with Crippen LogP contribution in [0.5, 0.6) is 0 Å². The van der Waals surface area contributed by atoms with Gasteiger partial charge in [-0.25, -0.2) is 0 Å². The molecule has 0 heteroatoms. The van der Waals surface area contributed by atoms with Gasteiger partial charge in [0.05, 0.1) is 0 Å². The molecule has 0 aromatic heterocycles. The fourth-order valence-electron chi connectivity index (χ4n) is 3.49. The van der Waals surface area contributed by atoms with Crippen LogP contribution < -0.4 is 0 Å². The van der Waals surface area contributed by atoms with Gasteiger partial charge in [0, 0.05) is 0 Å². The minimum atomic E-state index is 1.32. The second-order valence-electron chi connectivity index (χ2n) is 5.91. The lowest BCUT2D eigenvalue weighted by atomic mass is 9.87. The van der Waals surface area contributed by atoms with E-state index in [1.54, 1.807) is 0 Å². The Bertz CT molecular complexity index is 936. The number of fused-ring (bicyclic) bond motifs is 2. The van der Waals surface area contributed by atoms with E-state index < -0.39 is 0 Å². The van der Waals surface area contributed by atoms with Crippen molar-refractivity contribution in [3.05, 3.63) is 83.9 Å². The Balaban J connectivity index is 0.000000815. The summed E-state index contributed by atoms with van der Waals surface area (Å²) in [5.41, 5.74) is 5.37. The van der Waals surface area contributed by atoms with Gasteiger partial charge in [-0.3, -0.25) is 0 Å². The van der Waals surface area contributed by atoms with Gasteiger partial charge in [0.1, 0.15) is 0 Å². The Hall–Kier alpha value is -2.60. The lowest BCUT2D eigenvalue weighted by Gasteiger charge is -2.16. The molecule has 0 fully saturated rings. The Morgan fingerprint density at radius 2 is 0.917 bits per heavy atom. The maximum atomic E-state index is 2.25. The lowest BCUT2D eigenvalue weighted by molar-refractivity contribution is 1.47. The standard InChI is InChI=1S/C22H18.C2H6/c1-15-9-3-4-10-17(15)22-20-13-7-5-11-18(20)16(2)19-12-6-8-14-21(19)22;1-2/h3-14H,1-2H3;1-2H3. The van der Waals surface area contributed by atoms with Gasteiger partial charge in [-0.15, -0.1) is 0 Å². The molecule has 4 rings (SSSR count). The van der Waals surface area contributed by atoms with Gasteiger partial charge in [-0.05, 0) is 57.6 Å². The SMILES string of the molecule is CC.Cc1ccccc1-c1c2ccccc2c(C)c2ccccc12. The van der Waals surface area contributed by atoms with Crippen LogP contribution in [0.1, 0.15) is 25.0 Å². The van der Waals surface area contributed by atoms with Crippen molar-refractivity contribution < 1.29 is 0 Å². The fraction of sp³-hybridized carbons (Fsp3) is 0.167. The average molecular weight is 312 g/mol. The van der Waals surface area contributed by atoms with Gasteiger partial charge >= 0.3 is 0 Å². The first-order valence-electron chi connectivity index (χ1n) is 8.73. The third-order valence-electron chi connectivity index (χ3n) is 4.62. The largest absolute Gasteiger partial charge is 0.0683 e. The summed E-state index contributed by atoms with van der Waals surface area (Å²) >= 11 is 0. The monoisotopic (exact) mass is 312 g/mol. The number of aryl methyl sites for hydroxylation is 2. The minimum Gasteiger partial charge on any atom is -0.0683 e. The lowest BCUT2D eigenvalue weighted by Crippen LogP contribution is -1.90. The van der Waals surface area contributed by atoms with Crippen LogP contribution in [0.15, 0.2) is 72.8 Å². The highest BCUT2D eigenvalue weighted by Crippen LogP contribution is 2.39. The maximum Gasteiger partial charge on any atom is -0.00240 e. The minimum absolute atomic E-state index is 1.32. The van der Waals surface area contributed by atoms with Crippen molar-refractivity contribution in [2.75, 3.05) is 0 Å². The van der Waals surface area contributed by atoms with Gasteiger partial charge in [-0.1, -0.05) is 86.6 Å². The topological polar surface area (TPSA) is 0 Å². The number of rotatable bonds is 1. The molecule has 0 spiro atoms. The third kappa shape index (κ3) is 2.59. The molecule has 0 N–H and O–H groups in total. The zero-order chi connectivity index (χ0) is 17.1. The zero-order valence-corrected chi connectivity index (χ0v) is 14.9. The first kappa shape index (κ1) is 16.3. The average Bonchev–Trinajstić information content (AvgIpc) is 2.65. The highest BCUT2D eigenvalue weighted by molar-refractivity contribution is 6.15. The second-order valence-corrected chi connectivity index (χ2v) is 5.91. The van der Waals surface area contributed by atoms with Crippen molar-refractivity contribution in [2.24, 2.45) is 0 Å². The summed E-state index contributed by atoms with van der Waals surface area (Å²) in [6, 6.07) is 26.2. The molecule has 0 atom stereocenters. The quantitative estimate of drug-likeness (QED) is 0.323. The summed E-state index contributed by atoms with van der Waals surface area (Å²) < 4.78 is 0. The van der Waals surface area contributed by atoms with E-state index in [1.807, 2.05) is 13.8 Å². The predicted molar refractivity (Wildman–Crippen MR) is 108 cm³/mol. The molecule has 0 saturated heterocycles. The van der Waals surface area contributed by atoms with E-state index in [0.717, 1.165) is 0 Å². The summed E-state index contributed by atoms with van der Waals surface area (Å²) in [4.78, 5) is 0. The first-order chi connectivity index (χ1) is 11.8. The van der Waals surface area contributed by atoms with E-state index in [2.05, 4.69) is 86.6 Å². The number of benzene rings is 4. The van der Waals surface area contributed by atoms with E-state index in [-0.39, 0.29) is 0 Å². The fourth-order valence-corrected chi connectivity index (χ4v) is 3.49. The molecule has 120 valence electrons. The van der Waals surface area contributed by atoms with Gasteiger partial charge in [0.25, 0.3) is 0 Å². The molecule has 4 aromatic carbocycles. The normalized spacial score (nSPS) is 10.5. The van der Waals surface area contributed by atoms with Crippen molar-refractivity contribution in [3.63, 3.8) is 0 Å². The van der Waals surface area contributed by atoms with Gasteiger partial charge in [0.2, 0.25) is 0 Å². The molecule has 0 aliphatic rings. The van der Waals surface area contributed by atoms with Crippen molar-refractivity contribution in [3.8, 4) is 11.1 Å². The summed E-state index contributed by atoms with van der Waals surface area (Å²) in [7, 11) is 0. The number of hydrogen-bond donors (Lipinski definition) is 0. The molecular weight excluding hydrogens is 288 g/mol. The van der Waals surface area contributed by atoms with Gasteiger partial charge in [-0.2, -0.15) is 0 Å². The van der Waals surface area contributed by atoms with Crippen molar-refractivity contribution in [1.82, 2.24) is 0 Å². The highest BCUT2D eigenvalue weighted by atomic mass is 14.2. The van der Waals surface area contributed by atoms with Crippen LogP contribution in [-0.4, -0.2) is 0 Å². The molecule has 0 radical (unpaired) electrons. The van der Waals surface area contributed by atoms with Crippen LogP contribution in [0.4, 0.5) is 0 Å². The summed E-state index contributed by atoms with van der Waals surface area (Å²) in [6.45, 7) is 8.42. The van der Waals surface area contributed by atoms with Crippen molar-refractivity contribution in [1.29, 1.82) is 0 Å². The van der Waals surface area contributed by atoms with Crippen LogP contribution in [0.2, 0.25) is 0 Å². The van der Waals surface area contributed by atoms with Gasteiger partial charge in [0.15, 0.2) is 0 Å². The summed E-state index contributed by atoms with van der Waals surface area (Å²) in [5.74, 6) is 0. The van der Waals surface area contributed by atoms with Crippen molar-refractivity contribution >= 4 is 21.5 Å². The molecule has 0 nitrogen and oxygen atoms in total. The molecular formula is C24H24. The molecule has 0 amide bonds. The van der Waals surface area contributed by atoms with E-state index in [1.165, 1.54) is 43.8 Å². The first-order valence-corrected chi connectivity index (χ1v) is 8.73. The summed E-state index contributed by atoms with van der Waals surface area (Å²) in [5, 5.41) is 5.37. The third-order valence-corrected chi connectivity index (χ3v) is 4.62. The van der Waals surface area contributed by atoms with Gasteiger partial charge < -0.3 is 0 Å². The molecule has 0 unspecified atom stereocenters. The molecule has 24 heavy (non-hydrogen) atoms. The van der Waals surface area contributed by atoms with Crippen molar-refractivity contribution in [2.45, 2.75) is 27.7 Å². The maximum absolute atomic E-state index is 2.25. The molecule has 0 aliphatic heterocycles. The number of hydrogen-bond acceptors (Lipinski definition) is 0. The highest BCUT2D eigenvalue weighted by Gasteiger charge is 2.13. The van der Waals surface area contributed by atoms with E-state index in [9.17, 15) is 0 Å². The molecule has 0 saturated carbocycles. The van der Waals surface area contributed by atoms with E-state index in [4.69, 9.17) is 0 Å². The van der Waals surface area contributed by atoms with Crippen LogP contribution >= 0.6 is 0 Å². The smallest absolute Gasteiger partial charge is 0.00240 e. The Kier molecular flexibility index (Phi) is 4.66. The van der Waals surface area contributed by atoms with Crippen LogP contribution in [0, 0.1) is 13.8 Å². The summed E-state index contributed by atoms with van der Waals surface area (Å²) in [6.07, 6.45) is 0. The Labute approximate surface area is 144 Å². The molecule has 0 bridgehead atoms. The van der Waals surface area contributed by atoms with Crippen LogP contribution in [0.3, 0.4) is 0 Å². The predicted octanol–water partition coefficient (Wildman–Crippen LogP) is 7.30. The molecule has 0 aliphatic carbocycles. The zero-order valence-electron chi connectivity index (χ0n) is 14.9.